The fourth-order valence-electron chi connectivity index (χ4n) is 3.34. The van der Waals surface area contributed by atoms with Gasteiger partial charge in [0, 0.05) is 12.5 Å². The molecule has 0 unspecified atom stereocenters. The molecule has 1 saturated heterocycles. The normalized spacial score (nSPS) is 25.9. The second-order valence-electron chi connectivity index (χ2n) is 5.73. The molecule has 20 heavy (non-hydrogen) atoms. The molecule has 0 N–H and O–H groups in total. The van der Waals surface area contributed by atoms with Gasteiger partial charge in [-0.15, -0.1) is 0 Å². The second-order valence-corrected chi connectivity index (χ2v) is 5.73. The average molecular weight is 273 g/mol. The monoisotopic (exact) mass is 273 g/mol. The van der Waals surface area contributed by atoms with Gasteiger partial charge in [-0.25, -0.2) is 4.39 Å². The maximum absolute atomic E-state index is 13.4. The number of allylic oxidation sites excluding steroid dienone is 2. The van der Waals surface area contributed by atoms with Crippen LogP contribution in [0.4, 0.5) is 4.39 Å². The lowest BCUT2D eigenvalue weighted by atomic mass is 9.92. The number of halogens is 1. The van der Waals surface area contributed by atoms with Gasteiger partial charge in [-0.1, -0.05) is 24.3 Å². The Kier molecular flexibility index (Phi) is 3.86. The molecule has 0 saturated carbocycles. The molecular weight excluding hydrogens is 253 g/mol. The highest BCUT2D eigenvalue weighted by atomic mass is 19.1. The lowest BCUT2D eigenvalue weighted by molar-refractivity contribution is -0.136. The van der Waals surface area contributed by atoms with Crippen LogP contribution in [0.1, 0.15) is 43.7 Å². The zero-order valence-electron chi connectivity index (χ0n) is 11.6. The van der Waals surface area contributed by atoms with E-state index in [1.54, 1.807) is 12.1 Å². The molecule has 1 amide bonds. The van der Waals surface area contributed by atoms with Crippen LogP contribution in [0, 0.1) is 11.7 Å². The molecule has 0 radical (unpaired) electrons. The summed E-state index contributed by atoms with van der Waals surface area (Å²) in [5.74, 6) is 0.151. The van der Waals surface area contributed by atoms with Crippen LogP contribution in [0.5, 0.6) is 0 Å². The quantitative estimate of drug-likeness (QED) is 0.750. The molecule has 1 aliphatic carbocycles. The van der Waals surface area contributed by atoms with Crippen LogP contribution >= 0.6 is 0 Å². The van der Waals surface area contributed by atoms with Crippen LogP contribution in [0.15, 0.2) is 36.4 Å². The van der Waals surface area contributed by atoms with Gasteiger partial charge >= 0.3 is 0 Å². The first-order chi connectivity index (χ1) is 9.75. The zero-order valence-corrected chi connectivity index (χ0v) is 11.6. The predicted molar refractivity (Wildman–Crippen MR) is 76.6 cm³/mol. The van der Waals surface area contributed by atoms with E-state index in [1.807, 2.05) is 11.0 Å². The summed E-state index contributed by atoms with van der Waals surface area (Å²) in [4.78, 5) is 14.6. The maximum Gasteiger partial charge on any atom is 0.226 e. The summed E-state index contributed by atoms with van der Waals surface area (Å²) in [6.45, 7) is 0.806. The molecule has 2 atom stereocenters. The molecule has 0 bridgehead atoms. The summed E-state index contributed by atoms with van der Waals surface area (Å²) in [7, 11) is 0. The summed E-state index contributed by atoms with van der Waals surface area (Å²) >= 11 is 0. The number of carbonyl (C=O) groups excluding carboxylic acids is 1. The van der Waals surface area contributed by atoms with Crippen LogP contribution in [0.25, 0.3) is 0 Å². The van der Waals surface area contributed by atoms with Crippen molar-refractivity contribution >= 4 is 5.91 Å². The fourth-order valence-corrected chi connectivity index (χ4v) is 3.34. The molecule has 1 fully saturated rings. The van der Waals surface area contributed by atoms with Crippen molar-refractivity contribution in [2.75, 3.05) is 6.54 Å². The minimum atomic E-state index is -0.220. The van der Waals surface area contributed by atoms with Gasteiger partial charge in [-0.3, -0.25) is 4.79 Å². The summed E-state index contributed by atoms with van der Waals surface area (Å²) in [5, 5.41) is 0. The van der Waals surface area contributed by atoms with Crippen molar-refractivity contribution in [1.82, 2.24) is 4.90 Å². The van der Waals surface area contributed by atoms with Crippen molar-refractivity contribution in [2.24, 2.45) is 5.92 Å². The minimum absolute atomic E-state index is 0.0594. The lowest BCUT2D eigenvalue weighted by Crippen LogP contribution is -2.36. The molecule has 1 heterocycles. The maximum atomic E-state index is 13.4. The van der Waals surface area contributed by atoms with E-state index in [4.69, 9.17) is 0 Å². The molecule has 1 aromatic rings. The standard InChI is InChI=1S/C17H20FNO/c18-15-9-4-8-14(12-15)16-10-5-11-19(16)17(20)13-6-2-1-3-7-13/h1-2,4,8-9,12-13,16H,3,5-7,10-11H2/t13-,16-/m0/s1. The van der Waals surface area contributed by atoms with Crippen molar-refractivity contribution in [2.45, 2.75) is 38.1 Å². The number of hydrogen-bond donors (Lipinski definition) is 0. The summed E-state index contributed by atoms with van der Waals surface area (Å²) in [6.07, 6.45) is 9.01. The van der Waals surface area contributed by atoms with Crippen molar-refractivity contribution in [1.29, 1.82) is 0 Å². The van der Waals surface area contributed by atoms with Gasteiger partial charge in [0.2, 0.25) is 5.91 Å². The van der Waals surface area contributed by atoms with E-state index in [2.05, 4.69) is 12.2 Å². The number of likely N-dealkylation sites (tertiary alicyclic amines) is 1. The van der Waals surface area contributed by atoms with Crippen molar-refractivity contribution in [3.8, 4) is 0 Å². The molecule has 2 nitrogen and oxygen atoms in total. The Morgan fingerprint density at radius 3 is 2.90 bits per heavy atom. The summed E-state index contributed by atoms with van der Waals surface area (Å²) < 4.78 is 13.4. The lowest BCUT2D eigenvalue weighted by Gasteiger charge is -2.29. The van der Waals surface area contributed by atoms with E-state index in [0.29, 0.717) is 0 Å². The van der Waals surface area contributed by atoms with Crippen LogP contribution in [-0.4, -0.2) is 17.4 Å². The SMILES string of the molecule is O=C([C@H]1CC=CCC1)N1CCC[C@H]1c1cccc(F)c1. The van der Waals surface area contributed by atoms with Gasteiger partial charge < -0.3 is 4.90 Å². The number of hydrogen-bond acceptors (Lipinski definition) is 1. The minimum Gasteiger partial charge on any atom is -0.335 e. The topological polar surface area (TPSA) is 20.3 Å². The Morgan fingerprint density at radius 2 is 2.15 bits per heavy atom. The number of rotatable bonds is 2. The molecule has 2 aliphatic rings. The number of amides is 1. The molecule has 0 aromatic heterocycles. The second kappa shape index (κ2) is 5.78. The van der Waals surface area contributed by atoms with Gasteiger partial charge in [0.25, 0.3) is 0 Å². The predicted octanol–water partition coefficient (Wildman–Crippen LogP) is 3.85. The fraction of sp³-hybridized carbons (Fsp3) is 0.471. The van der Waals surface area contributed by atoms with Crippen molar-refractivity contribution in [3.63, 3.8) is 0 Å². The first kappa shape index (κ1) is 13.3. The summed E-state index contributed by atoms with van der Waals surface area (Å²) in [6, 6.07) is 6.74. The van der Waals surface area contributed by atoms with E-state index in [9.17, 15) is 9.18 Å². The number of nitrogens with zero attached hydrogens (tertiary/aromatic N) is 1. The van der Waals surface area contributed by atoms with E-state index < -0.39 is 0 Å². The summed E-state index contributed by atoms with van der Waals surface area (Å²) in [5.41, 5.74) is 0.933. The van der Waals surface area contributed by atoms with Crippen LogP contribution in [0.2, 0.25) is 0 Å². The first-order valence-corrected chi connectivity index (χ1v) is 7.46. The molecule has 1 aliphatic heterocycles. The molecule has 3 heteroatoms. The highest BCUT2D eigenvalue weighted by Crippen LogP contribution is 2.35. The third-order valence-electron chi connectivity index (χ3n) is 4.39. The van der Waals surface area contributed by atoms with E-state index >= 15 is 0 Å². The van der Waals surface area contributed by atoms with Crippen molar-refractivity contribution in [3.05, 3.63) is 47.8 Å². The zero-order chi connectivity index (χ0) is 13.9. The number of benzene rings is 1. The van der Waals surface area contributed by atoms with Crippen molar-refractivity contribution < 1.29 is 9.18 Å². The molecular formula is C17H20FNO. The van der Waals surface area contributed by atoms with Gasteiger partial charge in [-0.05, 0) is 49.8 Å². The number of carbonyl (C=O) groups is 1. The Labute approximate surface area is 119 Å². The first-order valence-electron chi connectivity index (χ1n) is 7.46. The highest BCUT2D eigenvalue weighted by Gasteiger charge is 2.33. The van der Waals surface area contributed by atoms with Gasteiger partial charge in [0.1, 0.15) is 5.82 Å². The Hall–Kier alpha value is -1.64. The third-order valence-corrected chi connectivity index (χ3v) is 4.39. The largest absolute Gasteiger partial charge is 0.335 e. The van der Waals surface area contributed by atoms with Gasteiger partial charge in [0.05, 0.1) is 6.04 Å². The van der Waals surface area contributed by atoms with Gasteiger partial charge in [-0.2, -0.15) is 0 Å². The third kappa shape index (κ3) is 2.62. The molecule has 106 valence electrons. The Balaban J connectivity index is 1.78. The van der Waals surface area contributed by atoms with E-state index in [1.165, 1.54) is 6.07 Å². The molecule has 3 rings (SSSR count). The van der Waals surface area contributed by atoms with E-state index in [0.717, 1.165) is 44.2 Å². The van der Waals surface area contributed by atoms with Crippen LogP contribution in [-0.2, 0) is 4.79 Å². The highest BCUT2D eigenvalue weighted by molar-refractivity contribution is 5.80. The smallest absolute Gasteiger partial charge is 0.226 e. The van der Waals surface area contributed by atoms with Crippen LogP contribution in [0.3, 0.4) is 0 Å². The Bertz CT molecular complexity index is 525. The Morgan fingerprint density at radius 1 is 1.25 bits per heavy atom. The molecule has 1 aromatic carbocycles. The average Bonchev–Trinajstić information content (AvgIpc) is 2.97. The molecule has 0 spiro atoms. The van der Waals surface area contributed by atoms with E-state index in [-0.39, 0.29) is 23.7 Å². The van der Waals surface area contributed by atoms with Crippen LogP contribution < -0.4 is 0 Å². The van der Waals surface area contributed by atoms with Gasteiger partial charge in [0.15, 0.2) is 0 Å².